The molecule has 0 bridgehead atoms. The predicted octanol–water partition coefficient (Wildman–Crippen LogP) is 3.05. The van der Waals surface area contributed by atoms with E-state index in [9.17, 15) is 4.79 Å². The molecule has 1 aliphatic heterocycles. The number of hydrogen-bond acceptors (Lipinski definition) is 2. The molecule has 1 amide bonds. The van der Waals surface area contributed by atoms with Crippen molar-refractivity contribution in [3.05, 3.63) is 0 Å². The SMILES string of the molecule is CCC(CCCN1CCC(C(C)C)CCC1=O)NC. The molecule has 3 nitrogen and oxygen atoms in total. The summed E-state index contributed by atoms with van der Waals surface area (Å²) in [5.41, 5.74) is 0. The summed E-state index contributed by atoms with van der Waals surface area (Å²) >= 11 is 0. The zero-order valence-electron chi connectivity index (χ0n) is 13.2. The summed E-state index contributed by atoms with van der Waals surface area (Å²) in [6, 6.07) is 0.602. The van der Waals surface area contributed by atoms with Gasteiger partial charge in [0.1, 0.15) is 0 Å². The van der Waals surface area contributed by atoms with Gasteiger partial charge < -0.3 is 10.2 Å². The van der Waals surface area contributed by atoms with Gasteiger partial charge in [0.05, 0.1) is 0 Å². The van der Waals surface area contributed by atoms with Gasteiger partial charge in [-0.25, -0.2) is 0 Å². The Morgan fingerprint density at radius 2 is 2.11 bits per heavy atom. The molecular weight excluding hydrogens is 236 g/mol. The summed E-state index contributed by atoms with van der Waals surface area (Å²) in [6.07, 6.45) is 6.49. The third-order valence-electron chi connectivity index (χ3n) is 4.68. The van der Waals surface area contributed by atoms with Gasteiger partial charge in [0.15, 0.2) is 0 Å². The molecule has 2 unspecified atom stereocenters. The fourth-order valence-electron chi connectivity index (χ4n) is 3.04. The van der Waals surface area contributed by atoms with Gasteiger partial charge in [-0.3, -0.25) is 4.79 Å². The largest absolute Gasteiger partial charge is 0.343 e. The van der Waals surface area contributed by atoms with Crippen LogP contribution in [0.2, 0.25) is 0 Å². The van der Waals surface area contributed by atoms with Crippen molar-refractivity contribution in [3.63, 3.8) is 0 Å². The van der Waals surface area contributed by atoms with Crippen LogP contribution in [0.3, 0.4) is 0 Å². The quantitative estimate of drug-likeness (QED) is 0.769. The van der Waals surface area contributed by atoms with Gasteiger partial charge in [0, 0.05) is 25.6 Å². The van der Waals surface area contributed by atoms with E-state index in [0.717, 1.165) is 38.3 Å². The van der Waals surface area contributed by atoms with Crippen molar-refractivity contribution in [1.82, 2.24) is 10.2 Å². The van der Waals surface area contributed by atoms with Crippen molar-refractivity contribution < 1.29 is 4.79 Å². The van der Waals surface area contributed by atoms with Crippen molar-refractivity contribution in [2.24, 2.45) is 11.8 Å². The summed E-state index contributed by atoms with van der Waals surface area (Å²) in [7, 11) is 2.03. The second-order valence-electron chi connectivity index (χ2n) is 6.25. The van der Waals surface area contributed by atoms with Gasteiger partial charge in [0.25, 0.3) is 0 Å². The van der Waals surface area contributed by atoms with E-state index in [0.29, 0.717) is 17.9 Å². The van der Waals surface area contributed by atoms with Crippen LogP contribution in [0.15, 0.2) is 0 Å². The van der Waals surface area contributed by atoms with Gasteiger partial charge in [0.2, 0.25) is 5.91 Å². The summed E-state index contributed by atoms with van der Waals surface area (Å²) < 4.78 is 0. The molecule has 0 spiro atoms. The minimum atomic E-state index is 0.376. The first kappa shape index (κ1) is 16.5. The molecule has 1 fully saturated rings. The van der Waals surface area contributed by atoms with Gasteiger partial charge >= 0.3 is 0 Å². The zero-order chi connectivity index (χ0) is 14.3. The summed E-state index contributed by atoms with van der Waals surface area (Å²) in [6.45, 7) is 8.69. The van der Waals surface area contributed by atoms with E-state index in [1.807, 2.05) is 7.05 Å². The number of likely N-dealkylation sites (tertiary alicyclic amines) is 1. The summed E-state index contributed by atoms with van der Waals surface area (Å²) in [5, 5.41) is 3.33. The Kier molecular flexibility index (Phi) is 7.44. The number of nitrogens with one attached hydrogen (secondary N) is 1. The van der Waals surface area contributed by atoms with Gasteiger partial charge in [-0.05, 0) is 51.0 Å². The lowest BCUT2D eigenvalue weighted by molar-refractivity contribution is -0.130. The van der Waals surface area contributed by atoms with E-state index in [2.05, 4.69) is 31.0 Å². The van der Waals surface area contributed by atoms with Crippen LogP contribution in [0.4, 0.5) is 0 Å². The molecule has 1 aliphatic rings. The van der Waals surface area contributed by atoms with Crippen molar-refractivity contribution >= 4 is 5.91 Å². The van der Waals surface area contributed by atoms with Gasteiger partial charge in [-0.2, -0.15) is 0 Å². The van der Waals surface area contributed by atoms with Crippen LogP contribution in [-0.4, -0.2) is 37.0 Å². The highest BCUT2D eigenvalue weighted by atomic mass is 16.2. The van der Waals surface area contributed by atoms with E-state index in [-0.39, 0.29) is 0 Å². The number of carbonyl (C=O) groups is 1. The molecule has 1 saturated heterocycles. The highest BCUT2D eigenvalue weighted by Gasteiger charge is 2.23. The third kappa shape index (κ3) is 5.52. The Morgan fingerprint density at radius 1 is 1.37 bits per heavy atom. The average molecular weight is 268 g/mol. The third-order valence-corrected chi connectivity index (χ3v) is 4.68. The maximum atomic E-state index is 12.1. The van der Waals surface area contributed by atoms with E-state index in [4.69, 9.17) is 0 Å². The van der Waals surface area contributed by atoms with E-state index in [1.54, 1.807) is 0 Å². The normalized spacial score (nSPS) is 22.7. The molecular formula is C16H32N2O. The van der Waals surface area contributed by atoms with Crippen molar-refractivity contribution in [3.8, 4) is 0 Å². The first-order valence-electron chi connectivity index (χ1n) is 8.03. The molecule has 0 aromatic rings. The fourth-order valence-corrected chi connectivity index (χ4v) is 3.04. The van der Waals surface area contributed by atoms with Crippen LogP contribution >= 0.6 is 0 Å². The smallest absolute Gasteiger partial charge is 0.222 e. The van der Waals surface area contributed by atoms with Crippen LogP contribution in [-0.2, 0) is 4.79 Å². The lowest BCUT2D eigenvalue weighted by atomic mass is 9.89. The molecule has 2 atom stereocenters. The topological polar surface area (TPSA) is 32.3 Å². The number of hydrogen-bond donors (Lipinski definition) is 1. The fraction of sp³-hybridized carbons (Fsp3) is 0.938. The monoisotopic (exact) mass is 268 g/mol. The van der Waals surface area contributed by atoms with Crippen molar-refractivity contribution in [2.75, 3.05) is 20.1 Å². The molecule has 1 rings (SSSR count). The van der Waals surface area contributed by atoms with Crippen LogP contribution in [0.5, 0.6) is 0 Å². The maximum absolute atomic E-state index is 12.1. The summed E-state index contributed by atoms with van der Waals surface area (Å²) in [4.78, 5) is 14.2. The van der Waals surface area contributed by atoms with Crippen molar-refractivity contribution in [1.29, 1.82) is 0 Å². The second-order valence-corrected chi connectivity index (χ2v) is 6.25. The Morgan fingerprint density at radius 3 is 2.68 bits per heavy atom. The Bertz CT molecular complexity index is 261. The molecule has 0 aromatic heterocycles. The standard InChI is InChI=1S/C16H32N2O/c1-5-15(17-4)7-6-11-18-12-10-14(13(2)3)8-9-16(18)19/h13-15,17H,5-12H2,1-4H3. The Balaban J connectivity index is 2.34. The lowest BCUT2D eigenvalue weighted by Gasteiger charge is -2.23. The molecule has 1 N–H and O–H groups in total. The number of nitrogens with zero attached hydrogens (tertiary/aromatic N) is 1. The first-order valence-corrected chi connectivity index (χ1v) is 8.03. The highest BCUT2D eigenvalue weighted by molar-refractivity contribution is 5.76. The molecule has 3 heteroatoms. The summed E-state index contributed by atoms with van der Waals surface area (Å²) in [5.74, 6) is 1.82. The first-order chi connectivity index (χ1) is 9.08. The van der Waals surface area contributed by atoms with E-state index < -0.39 is 0 Å². The zero-order valence-corrected chi connectivity index (χ0v) is 13.2. The maximum Gasteiger partial charge on any atom is 0.222 e. The molecule has 0 aromatic carbocycles. The van der Waals surface area contributed by atoms with Gasteiger partial charge in [-0.1, -0.05) is 20.8 Å². The van der Waals surface area contributed by atoms with Crippen molar-refractivity contribution in [2.45, 2.75) is 65.3 Å². The molecule has 19 heavy (non-hydrogen) atoms. The molecule has 0 radical (unpaired) electrons. The molecule has 0 saturated carbocycles. The molecule has 112 valence electrons. The average Bonchev–Trinajstić information content (AvgIpc) is 2.57. The minimum Gasteiger partial charge on any atom is -0.343 e. The lowest BCUT2D eigenvalue weighted by Crippen LogP contribution is -2.33. The number of amides is 1. The highest BCUT2D eigenvalue weighted by Crippen LogP contribution is 2.25. The van der Waals surface area contributed by atoms with Crippen LogP contribution in [0, 0.1) is 11.8 Å². The minimum absolute atomic E-state index is 0.376. The number of carbonyl (C=O) groups excluding carboxylic acids is 1. The number of rotatable bonds is 7. The Labute approximate surface area is 119 Å². The van der Waals surface area contributed by atoms with Crippen LogP contribution in [0.25, 0.3) is 0 Å². The van der Waals surface area contributed by atoms with E-state index >= 15 is 0 Å². The molecule has 0 aliphatic carbocycles. The second kappa shape index (κ2) is 8.57. The van der Waals surface area contributed by atoms with Gasteiger partial charge in [-0.15, -0.1) is 0 Å². The predicted molar refractivity (Wildman–Crippen MR) is 81.1 cm³/mol. The molecule has 1 heterocycles. The van der Waals surface area contributed by atoms with Crippen LogP contribution in [0.1, 0.15) is 59.3 Å². The Hall–Kier alpha value is -0.570. The van der Waals surface area contributed by atoms with E-state index in [1.165, 1.54) is 19.3 Å². The van der Waals surface area contributed by atoms with Crippen LogP contribution < -0.4 is 5.32 Å².